The summed E-state index contributed by atoms with van der Waals surface area (Å²) in [4.78, 5) is 14.7. The minimum absolute atomic E-state index is 0.0428. The first-order valence-corrected chi connectivity index (χ1v) is 8.53. The molecule has 1 amide bonds. The molecule has 24 heavy (non-hydrogen) atoms. The van der Waals surface area contributed by atoms with E-state index in [0.717, 1.165) is 25.9 Å². The average Bonchev–Trinajstić information content (AvgIpc) is 3.12. The maximum absolute atomic E-state index is 12.8. The standard InChI is InChI=1S/C20H24N2O2/c21-14-17-10-12-22(15-17)20(23)18-8-4-5-9-19(18)24-13-11-16-6-2-1-3-7-16/h1-9,17H,10-15,21H2/t17-/m1/s1. The van der Waals surface area contributed by atoms with E-state index in [0.29, 0.717) is 30.4 Å². The van der Waals surface area contributed by atoms with Gasteiger partial charge in [-0.25, -0.2) is 0 Å². The van der Waals surface area contributed by atoms with Gasteiger partial charge in [0.25, 0.3) is 5.91 Å². The molecule has 4 nitrogen and oxygen atoms in total. The van der Waals surface area contributed by atoms with Crippen molar-refractivity contribution in [3.63, 3.8) is 0 Å². The number of likely N-dealkylation sites (tertiary alicyclic amines) is 1. The van der Waals surface area contributed by atoms with Gasteiger partial charge in [-0.3, -0.25) is 4.79 Å². The van der Waals surface area contributed by atoms with Crippen LogP contribution in [0.15, 0.2) is 54.6 Å². The van der Waals surface area contributed by atoms with Crippen LogP contribution in [0.3, 0.4) is 0 Å². The number of ether oxygens (including phenoxy) is 1. The highest BCUT2D eigenvalue weighted by molar-refractivity contribution is 5.97. The molecular formula is C20H24N2O2. The molecule has 126 valence electrons. The fourth-order valence-electron chi connectivity index (χ4n) is 3.07. The molecule has 0 aliphatic carbocycles. The van der Waals surface area contributed by atoms with Crippen LogP contribution in [0.1, 0.15) is 22.3 Å². The first-order chi connectivity index (χ1) is 11.8. The van der Waals surface area contributed by atoms with Gasteiger partial charge in [-0.1, -0.05) is 42.5 Å². The van der Waals surface area contributed by atoms with Gasteiger partial charge < -0.3 is 15.4 Å². The summed E-state index contributed by atoms with van der Waals surface area (Å²) in [6.45, 7) is 2.71. The largest absolute Gasteiger partial charge is 0.492 e. The summed E-state index contributed by atoms with van der Waals surface area (Å²) >= 11 is 0. The molecule has 0 bridgehead atoms. The van der Waals surface area contributed by atoms with Gasteiger partial charge in [-0.2, -0.15) is 0 Å². The van der Waals surface area contributed by atoms with E-state index in [1.165, 1.54) is 5.56 Å². The molecule has 1 aliphatic rings. The number of hydrogen-bond acceptors (Lipinski definition) is 3. The number of amides is 1. The summed E-state index contributed by atoms with van der Waals surface area (Å²) in [5, 5.41) is 0. The van der Waals surface area contributed by atoms with Crippen molar-refractivity contribution >= 4 is 5.91 Å². The molecule has 4 heteroatoms. The summed E-state index contributed by atoms with van der Waals surface area (Å²) < 4.78 is 5.90. The van der Waals surface area contributed by atoms with Crippen LogP contribution in [0.4, 0.5) is 0 Å². The number of nitrogens with zero attached hydrogens (tertiary/aromatic N) is 1. The van der Waals surface area contributed by atoms with Crippen molar-refractivity contribution in [3.8, 4) is 5.75 Å². The molecule has 2 aromatic rings. The Balaban J connectivity index is 1.63. The van der Waals surface area contributed by atoms with Crippen LogP contribution in [0.5, 0.6) is 5.75 Å². The van der Waals surface area contributed by atoms with E-state index in [1.54, 1.807) is 0 Å². The fourth-order valence-corrected chi connectivity index (χ4v) is 3.07. The SMILES string of the molecule is NC[C@H]1CCN(C(=O)c2ccccc2OCCc2ccccc2)C1. The molecule has 1 fully saturated rings. The van der Waals surface area contributed by atoms with E-state index in [-0.39, 0.29) is 5.91 Å². The van der Waals surface area contributed by atoms with E-state index in [1.807, 2.05) is 47.4 Å². The third kappa shape index (κ3) is 3.95. The van der Waals surface area contributed by atoms with E-state index in [2.05, 4.69) is 12.1 Å². The number of carbonyl (C=O) groups excluding carboxylic acids is 1. The van der Waals surface area contributed by atoms with Crippen molar-refractivity contribution in [3.05, 3.63) is 65.7 Å². The van der Waals surface area contributed by atoms with Crippen LogP contribution >= 0.6 is 0 Å². The molecule has 0 radical (unpaired) electrons. The van der Waals surface area contributed by atoms with Crippen molar-refractivity contribution in [2.45, 2.75) is 12.8 Å². The number of para-hydroxylation sites is 1. The highest BCUT2D eigenvalue weighted by atomic mass is 16.5. The Bertz CT molecular complexity index is 672. The molecular weight excluding hydrogens is 300 g/mol. The minimum atomic E-state index is 0.0428. The summed E-state index contributed by atoms with van der Waals surface area (Å²) in [6, 6.07) is 17.7. The highest BCUT2D eigenvalue weighted by Crippen LogP contribution is 2.24. The van der Waals surface area contributed by atoms with Crippen molar-refractivity contribution in [1.29, 1.82) is 0 Å². The maximum atomic E-state index is 12.8. The van der Waals surface area contributed by atoms with Crippen molar-refractivity contribution in [2.75, 3.05) is 26.2 Å². The van der Waals surface area contributed by atoms with Crippen LogP contribution in [0, 0.1) is 5.92 Å². The second-order valence-corrected chi connectivity index (χ2v) is 6.22. The molecule has 2 aromatic carbocycles. The zero-order valence-corrected chi connectivity index (χ0v) is 13.9. The van der Waals surface area contributed by atoms with Crippen LogP contribution in [-0.4, -0.2) is 37.0 Å². The van der Waals surface area contributed by atoms with Gasteiger partial charge in [0, 0.05) is 19.5 Å². The van der Waals surface area contributed by atoms with Crippen molar-refractivity contribution < 1.29 is 9.53 Å². The Morgan fingerprint density at radius 3 is 2.62 bits per heavy atom. The lowest BCUT2D eigenvalue weighted by molar-refractivity contribution is 0.0783. The zero-order chi connectivity index (χ0) is 16.8. The lowest BCUT2D eigenvalue weighted by atomic mass is 10.1. The predicted octanol–water partition coefficient (Wildman–Crippen LogP) is 2.73. The molecule has 1 heterocycles. The average molecular weight is 324 g/mol. The number of nitrogens with two attached hydrogens (primary N) is 1. The lowest BCUT2D eigenvalue weighted by Crippen LogP contribution is -2.30. The third-order valence-electron chi connectivity index (χ3n) is 4.51. The Kier molecular flexibility index (Phi) is 5.49. The fraction of sp³-hybridized carbons (Fsp3) is 0.350. The summed E-state index contributed by atoms with van der Waals surface area (Å²) in [7, 11) is 0. The molecule has 2 N–H and O–H groups in total. The molecule has 1 saturated heterocycles. The van der Waals surface area contributed by atoms with Gasteiger partial charge in [0.2, 0.25) is 0 Å². The highest BCUT2D eigenvalue weighted by Gasteiger charge is 2.27. The van der Waals surface area contributed by atoms with E-state index < -0.39 is 0 Å². The molecule has 0 aromatic heterocycles. The molecule has 1 aliphatic heterocycles. The van der Waals surface area contributed by atoms with Crippen molar-refractivity contribution in [2.24, 2.45) is 11.7 Å². The quantitative estimate of drug-likeness (QED) is 0.889. The van der Waals surface area contributed by atoms with Gasteiger partial charge in [0.1, 0.15) is 5.75 Å². The molecule has 0 spiro atoms. The number of carbonyl (C=O) groups is 1. The Labute approximate surface area is 143 Å². The van der Waals surface area contributed by atoms with Crippen LogP contribution in [-0.2, 0) is 6.42 Å². The normalized spacial score (nSPS) is 17.0. The molecule has 1 atom stereocenters. The van der Waals surface area contributed by atoms with Gasteiger partial charge in [0.15, 0.2) is 0 Å². The monoisotopic (exact) mass is 324 g/mol. The number of hydrogen-bond donors (Lipinski definition) is 1. The second-order valence-electron chi connectivity index (χ2n) is 6.22. The van der Waals surface area contributed by atoms with E-state index in [4.69, 9.17) is 10.5 Å². The Morgan fingerprint density at radius 1 is 1.12 bits per heavy atom. The van der Waals surface area contributed by atoms with Crippen LogP contribution in [0.2, 0.25) is 0 Å². The first-order valence-electron chi connectivity index (χ1n) is 8.53. The lowest BCUT2D eigenvalue weighted by Gasteiger charge is -2.18. The second kappa shape index (κ2) is 7.97. The molecule has 3 rings (SSSR count). The first kappa shape index (κ1) is 16.5. The Hall–Kier alpha value is -2.33. The third-order valence-corrected chi connectivity index (χ3v) is 4.51. The number of rotatable bonds is 6. The van der Waals surface area contributed by atoms with Gasteiger partial charge in [-0.05, 0) is 36.6 Å². The Morgan fingerprint density at radius 2 is 1.88 bits per heavy atom. The molecule has 0 unspecified atom stereocenters. The summed E-state index contributed by atoms with van der Waals surface area (Å²) in [6.07, 6.45) is 1.81. The van der Waals surface area contributed by atoms with Crippen molar-refractivity contribution in [1.82, 2.24) is 4.90 Å². The minimum Gasteiger partial charge on any atom is -0.492 e. The van der Waals surface area contributed by atoms with Gasteiger partial charge in [0.05, 0.1) is 12.2 Å². The summed E-state index contributed by atoms with van der Waals surface area (Å²) in [5.74, 6) is 1.12. The van der Waals surface area contributed by atoms with Gasteiger partial charge in [-0.15, -0.1) is 0 Å². The van der Waals surface area contributed by atoms with Crippen LogP contribution in [0.25, 0.3) is 0 Å². The van der Waals surface area contributed by atoms with E-state index in [9.17, 15) is 4.79 Å². The zero-order valence-electron chi connectivity index (χ0n) is 13.9. The van der Waals surface area contributed by atoms with E-state index >= 15 is 0 Å². The topological polar surface area (TPSA) is 55.6 Å². The maximum Gasteiger partial charge on any atom is 0.257 e. The molecule has 0 saturated carbocycles. The smallest absolute Gasteiger partial charge is 0.257 e. The van der Waals surface area contributed by atoms with Crippen LogP contribution < -0.4 is 10.5 Å². The van der Waals surface area contributed by atoms with Gasteiger partial charge >= 0.3 is 0 Å². The number of benzene rings is 2. The summed E-state index contributed by atoms with van der Waals surface area (Å²) in [5.41, 5.74) is 7.59. The predicted molar refractivity (Wildman–Crippen MR) is 95.1 cm³/mol.